The lowest BCUT2D eigenvalue weighted by atomic mass is 10.1. The van der Waals surface area contributed by atoms with Crippen LogP contribution in [0, 0.1) is 0 Å². The Bertz CT molecular complexity index is 928. The molecule has 0 fully saturated rings. The van der Waals surface area contributed by atoms with Crippen LogP contribution in [0.25, 0.3) is 11.0 Å². The van der Waals surface area contributed by atoms with E-state index in [0.717, 1.165) is 23.1 Å². The molecular weight excluding hydrogens is 300 g/mol. The summed E-state index contributed by atoms with van der Waals surface area (Å²) in [5.41, 5.74) is 4.61. The molecule has 0 aliphatic carbocycles. The molecule has 5 nitrogen and oxygen atoms in total. The molecule has 0 bridgehead atoms. The highest BCUT2D eigenvalue weighted by Gasteiger charge is 2.31. The first kappa shape index (κ1) is 14.9. The summed E-state index contributed by atoms with van der Waals surface area (Å²) in [5.74, 6) is 0.0217. The SMILES string of the molecule is CC1Cc2ccccc2N1C(=O)c1ccc2c(c1)nnn2C(C)C. The van der Waals surface area contributed by atoms with Crippen molar-refractivity contribution in [3.8, 4) is 0 Å². The van der Waals surface area contributed by atoms with Gasteiger partial charge in [-0.1, -0.05) is 23.4 Å². The molecule has 0 saturated carbocycles. The minimum absolute atomic E-state index is 0.0217. The third kappa shape index (κ3) is 2.19. The third-order valence-electron chi connectivity index (χ3n) is 4.63. The van der Waals surface area contributed by atoms with Gasteiger partial charge in [0, 0.05) is 23.3 Å². The highest BCUT2D eigenvalue weighted by Crippen LogP contribution is 2.33. The van der Waals surface area contributed by atoms with Crippen LogP contribution >= 0.6 is 0 Å². The van der Waals surface area contributed by atoms with E-state index in [1.54, 1.807) is 0 Å². The van der Waals surface area contributed by atoms with Crippen molar-refractivity contribution in [3.63, 3.8) is 0 Å². The van der Waals surface area contributed by atoms with E-state index >= 15 is 0 Å². The number of anilines is 1. The number of aromatic nitrogens is 3. The van der Waals surface area contributed by atoms with Crippen LogP contribution in [0.1, 0.15) is 42.7 Å². The molecule has 0 radical (unpaired) electrons. The van der Waals surface area contributed by atoms with Gasteiger partial charge in [-0.2, -0.15) is 0 Å². The maximum atomic E-state index is 13.1. The fraction of sp³-hybridized carbons (Fsp3) is 0.316. The Labute approximate surface area is 140 Å². The molecule has 4 rings (SSSR count). The van der Waals surface area contributed by atoms with Crippen molar-refractivity contribution in [3.05, 3.63) is 53.6 Å². The van der Waals surface area contributed by atoms with Crippen molar-refractivity contribution in [2.24, 2.45) is 0 Å². The Hall–Kier alpha value is -2.69. The average Bonchev–Trinajstić information content (AvgIpc) is 3.13. The lowest BCUT2D eigenvalue weighted by Gasteiger charge is -2.22. The predicted molar refractivity (Wildman–Crippen MR) is 94.3 cm³/mol. The van der Waals surface area contributed by atoms with E-state index in [1.807, 2.05) is 46.0 Å². The summed E-state index contributed by atoms with van der Waals surface area (Å²) in [7, 11) is 0. The van der Waals surface area contributed by atoms with Crippen LogP contribution in [0.4, 0.5) is 5.69 Å². The van der Waals surface area contributed by atoms with Crippen molar-refractivity contribution in [1.29, 1.82) is 0 Å². The maximum Gasteiger partial charge on any atom is 0.258 e. The Balaban J connectivity index is 1.74. The first-order valence-corrected chi connectivity index (χ1v) is 8.32. The summed E-state index contributed by atoms with van der Waals surface area (Å²) < 4.78 is 1.87. The number of benzene rings is 2. The fourth-order valence-corrected chi connectivity index (χ4v) is 3.47. The second-order valence-corrected chi connectivity index (χ2v) is 6.69. The molecule has 1 amide bonds. The first-order valence-electron chi connectivity index (χ1n) is 8.32. The molecule has 0 spiro atoms. The molecule has 1 atom stereocenters. The third-order valence-corrected chi connectivity index (χ3v) is 4.63. The van der Waals surface area contributed by atoms with Crippen molar-refractivity contribution in [2.45, 2.75) is 39.3 Å². The van der Waals surface area contributed by atoms with Crippen molar-refractivity contribution in [2.75, 3.05) is 4.90 Å². The first-order chi connectivity index (χ1) is 11.6. The van der Waals surface area contributed by atoms with Gasteiger partial charge in [0.1, 0.15) is 5.52 Å². The molecule has 24 heavy (non-hydrogen) atoms. The summed E-state index contributed by atoms with van der Waals surface area (Å²) in [6, 6.07) is 14.2. The van der Waals surface area contributed by atoms with Crippen molar-refractivity contribution >= 4 is 22.6 Å². The van der Waals surface area contributed by atoms with Gasteiger partial charge in [-0.3, -0.25) is 4.79 Å². The van der Waals surface area contributed by atoms with Gasteiger partial charge in [-0.25, -0.2) is 4.68 Å². The van der Waals surface area contributed by atoms with E-state index < -0.39 is 0 Å². The van der Waals surface area contributed by atoms with Crippen LogP contribution in [0.15, 0.2) is 42.5 Å². The molecule has 0 N–H and O–H groups in total. The molecule has 1 aromatic heterocycles. The van der Waals surface area contributed by atoms with E-state index in [1.165, 1.54) is 5.56 Å². The van der Waals surface area contributed by atoms with Gasteiger partial charge < -0.3 is 4.90 Å². The summed E-state index contributed by atoms with van der Waals surface area (Å²) >= 11 is 0. The highest BCUT2D eigenvalue weighted by molar-refractivity contribution is 6.09. The van der Waals surface area contributed by atoms with E-state index in [2.05, 4.69) is 37.1 Å². The van der Waals surface area contributed by atoms with Crippen LogP contribution < -0.4 is 4.90 Å². The minimum Gasteiger partial charge on any atom is -0.305 e. The predicted octanol–water partition coefficient (Wildman–Crippen LogP) is 3.60. The van der Waals surface area contributed by atoms with Crippen molar-refractivity contribution in [1.82, 2.24) is 15.0 Å². The molecule has 5 heteroatoms. The number of rotatable bonds is 2. The molecule has 2 aromatic carbocycles. The molecule has 2 heterocycles. The van der Waals surface area contributed by atoms with Gasteiger partial charge in [0.15, 0.2) is 0 Å². The van der Waals surface area contributed by atoms with Crippen LogP contribution in [-0.2, 0) is 6.42 Å². The molecule has 122 valence electrons. The van der Waals surface area contributed by atoms with Gasteiger partial charge in [-0.05, 0) is 57.0 Å². The number of carbonyl (C=O) groups is 1. The van der Waals surface area contributed by atoms with Crippen LogP contribution in [0.5, 0.6) is 0 Å². The summed E-state index contributed by atoms with van der Waals surface area (Å²) in [6.07, 6.45) is 0.897. The lowest BCUT2D eigenvalue weighted by molar-refractivity contribution is 0.0981. The lowest BCUT2D eigenvalue weighted by Crippen LogP contribution is -2.35. The number of nitrogens with zero attached hydrogens (tertiary/aromatic N) is 4. The zero-order valence-corrected chi connectivity index (χ0v) is 14.1. The molecule has 3 aromatic rings. The van der Waals surface area contributed by atoms with Gasteiger partial charge in [0.25, 0.3) is 5.91 Å². The van der Waals surface area contributed by atoms with Gasteiger partial charge in [-0.15, -0.1) is 5.10 Å². The quantitative estimate of drug-likeness (QED) is 0.725. The fourth-order valence-electron chi connectivity index (χ4n) is 3.47. The smallest absolute Gasteiger partial charge is 0.258 e. The summed E-state index contributed by atoms with van der Waals surface area (Å²) in [5, 5.41) is 8.40. The van der Waals surface area contributed by atoms with Crippen molar-refractivity contribution < 1.29 is 4.79 Å². The monoisotopic (exact) mass is 320 g/mol. The second-order valence-electron chi connectivity index (χ2n) is 6.69. The Morgan fingerprint density at radius 2 is 2.00 bits per heavy atom. The zero-order valence-electron chi connectivity index (χ0n) is 14.1. The number of hydrogen-bond donors (Lipinski definition) is 0. The summed E-state index contributed by atoms with van der Waals surface area (Å²) in [4.78, 5) is 15.0. The van der Waals surface area contributed by atoms with Crippen LogP contribution in [0.2, 0.25) is 0 Å². The second kappa shape index (κ2) is 5.44. The zero-order chi connectivity index (χ0) is 16.8. The van der Waals surface area contributed by atoms with E-state index in [-0.39, 0.29) is 18.0 Å². The Morgan fingerprint density at radius 1 is 1.21 bits per heavy atom. The number of para-hydroxylation sites is 1. The normalized spacial score (nSPS) is 16.8. The largest absolute Gasteiger partial charge is 0.305 e. The van der Waals surface area contributed by atoms with Crippen LogP contribution in [0.3, 0.4) is 0 Å². The van der Waals surface area contributed by atoms with Crippen LogP contribution in [-0.4, -0.2) is 26.9 Å². The topological polar surface area (TPSA) is 51.0 Å². The number of amides is 1. The number of hydrogen-bond acceptors (Lipinski definition) is 3. The number of carbonyl (C=O) groups excluding carboxylic acids is 1. The Kier molecular flexibility index (Phi) is 3.37. The Morgan fingerprint density at radius 3 is 2.79 bits per heavy atom. The van der Waals surface area contributed by atoms with Gasteiger partial charge >= 0.3 is 0 Å². The van der Waals surface area contributed by atoms with E-state index in [4.69, 9.17) is 0 Å². The molecule has 1 aliphatic rings. The van der Waals surface area contributed by atoms with E-state index in [0.29, 0.717) is 5.56 Å². The molecular formula is C19H20N4O. The van der Waals surface area contributed by atoms with E-state index in [9.17, 15) is 4.79 Å². The van der Waals surface area contributed by atoms with Gasteiger partial charge in [0.2, 0.25) is 0 Å². The maximum absolute atomic E-state index is 13.1. The minimum atomic E-state index is 0.0217. The molecule has 1 unspecified atom stereocenters. The average molecular weight is 320 g/mol. The van der Waals surface area contributed by atoms with Gasteiger partial charge in [0.05, 0.1) is 5.52 Å². The summed E-state index contributed by atoms with van der Waals surface area (Å²) in [6.45, 7) is 6.22. The highest BCUT2D eigenvalue weighted by atomic mass is 16.2. The number of fused-ring (bicyclic) bond motifs is 2. The molecule has 1 aliphatic heterocycles. The molecule has 0 saturated heterocycles. The standard InChI is InChI=1S/C19H20N4O/c1-12(2)23-18-9-8-15(11-16(18)20-21-23)19(24)22-13(3)10-14-6-4-5-7-17(14)22/h4-9,11-13H,10H2,1-3H3.